The van der Waals surface area contributed by atoms with Gasteiger partial charge in [-0.3, -0.25) is 0 Å². The van der Waals surface area contributed by atoms with Crippen molar-refractivity contribution in [2.24, 2.45) is 11.7 Å². The number of hydrogen-bond acceptors (Lipinski definition) is 2. The number of nitrogens with one attached hydrogen (secondary N) is 1. The highest BCUT2D eigenvalue weighted by atomic mass is 35.5. The van der Waals surface area contributed by atoms with E-state index in [-0.39, 0.29) is 0 Å². The molecular formula is C13H19ClN2. The quantitative estimate of drug-likeness (QED) is 0.848. The Morgan fingerprint density at radius 2 is 2.00 bits per heavy atom. The second kappa shape index (κ2) is 5.55. The Balaban J connectivity index is 1.80. The lowest BCUT2D eigenvalue weighted by molar-refractivity contribution is 0.335. The van der Waals surface area contributed by atoms with E-state index in [0.717, 1.165) is 29.6 Å². The van der Waals surface area contributed by atoms with E-state index in [4.69, 9.17) is 17.3 Å². The molecule has 1 saturated carbocycles. The highest BCUT2D eigenvalue weighted by molar-refractivity contribution is 6.30. The van der Waals surface area contributed by atoms with Crippen molar-refractivity contribution in [3.63, 3.8) is 0 Å². The zero-order valence-corrected chi connectivity index (χ0v) is 10.2. The Morgan fingerprint density at radius 3 is 2.69 bits per heavy atom. The van der Waals surface area contributed by atoms with Crippen LogP contribution in [0.3, 0.4) is 0 Å². The number of benzene rings is 1. The minimum atomic E-state index is 0.408. The molecule has 0 bridgehead atoms. The van der Waals surface area contributed by atoms with Gasteiger partial charge in [-0.2, -0.15) is 0 Å². The number of hydrogen-bond donors (Lipinski definition) is 2. The van der Waals surface area contributed by atoms with E-state index in [1.165, 1.54) is 19.3 Å². The predicted molar refractivity (Wildman–Crippen MR) is 69.9 cm³/mol. The molecule has 2 unspecified atom stereocenters. The van der Waals surface area contributed by atoms with Crippen LogP contribution in [-0.4, -0.2) is 12.6 Å². The molecule has 3 N–H and O–H groups in total. The van der Waals surface area contributed by atoms with Gasteiger partial charge in [0.05, 0.1) is 0 Å². The first-order chi connectivity index (χ1) is 7.74. The molecule has 1 aliphatic rings. The largest absolute Gasteiger partial charge is 0.385 e. The number of halogens is 1. The van der Waals surface area contributed by atoms with E-state index in [0.29, 0.717) is 6.04 Å². The van der Waals surface area contributed by atoms with Crippen molar-refractivity contribution in [3.05, 3.63) is 29.3 Å². The van der Waals surface area contributed by atoms with Gasteiger partial charge in [0.15, 0.2) is 0 Å². The minimum Gasteiger partial charge on any atom is -0.385 e. The van der Waals surface area contributed by atoms with E-state index in [1.54, 1.807) is 0 Å². The van der Waals surface area contributed by atoms with Gasteiger partial charge in [-0.25, -0.2) is 0 Å². The van der Waals surface area contributed by atoms with Crippen LogP contribution in [0.15, 0.2) is 24.3 Å². The van der Waals surface area contributed by atoms with Crippen molar-refractivity contribution in [2.45, 2.75) is 31.7 Å². The van der Waals surface area contributed by atoms with Gasteiger partial charge in [0.25, 0.3) is 0 Å². The standard InChI is InChI=1S/C13H19ClN2/c14-11-4-6-13(7-5-11)16-9-10-2-1-3-12(15)8-10/h4-7,10,12,16H,1-3,8-9,15H2. The Hall–Kier alpha value is -0.730. The molecule has 1 aliphatic carbocycles. The Morgan fingerprint density at radius 1 is 1.25 bits per heavy atom. The van der Waals surface area contributed by atoms with Crippen LogP contribution in [0.4, 0.5) is 5.69 Å². The second-order valence-electron chi connectivity index (χ2n) is 4.68. The van der Waals surface area contributed by atoms with E-state index < -0.39 is 0 Å². The van der Waals surface area contributed by atoms with Crippen LogP contribution in [-0.2, 0) is 0 Å². The summed E-state index contributed by atoms with van der Waals surface area (Å²) in [5.74, 6) is 0.722. The molecule has 0 spiro atoms. The lowest BCUT2D eigenvalue weighted by Crippen LogP contribution is -2.30. The van der Waals surface area contributed by atoms with Crippen LogP contribution in [0.2, 0.25) is 5.02 Å². The average Bonchev–Trinajstić information content (AvgIpc) is 2.28. The monoisotopic (exact) mass is 238 g/mol. The van der Waals surface area contributed by atoms with Crippen molar-refractivity contribution in [2.75, 3.05) is 11.9 Å². The highest BCUT2D eigenvalue weighted by Gasteiger charge is 2.18. The molecule has 16 heavy (non-hydrogen) atoms. The Labute approximate surface area is 102 Å². The maximum atomic E-state index is 5.97. The molecule has 1 aromatic carbocycles. The summed E-state index contributed by atoms with van der Waals surface area (Å²) in [6, 6.07) is 8.27. The van der Waals surface area contributed by atoms with E-state index in [1.807, 2.05) is 24.3 Å². The van der Waals surface area contributed by atoms with Gasteiger partial charge in [-0.1, -0.05) is 18.0 Å². The summed E-state index contributed by atoms with van der Waals surface area (Å²) in [4.78, 5) is 0. The SMILES string of the molecule is NC1CCCC(CNc2ccc(Cl)cc2)C1. The van der Waals surface area contributed by atoms with Gasteiger partial charge in [0.2, 0.25) is 0 Å². The fourth-order valence-corrected chi connectivity index (χ4v) is 2.47. The van der Waals surface area contributed by atoms with Crippen molar-refractivity contribution in [1.29, 1.82) is 0 Å². The number of rotatable bonds is 3. The summed E-state index contributed by atoms with van der Waals surface area (Å²) in [5.41, 5.74) is 7.11. The van der Waals surface area contributed by atoms with Crippen molar-refractivity contribution >= 4 is 17.3 Å². The van der Waals surface area contributed by atoms with Gasteiger partial charge in [0.1, 0.15) is 0 Å². The molecule has 2 rings (SSSR count). The van der Waals surface area contributed by atoms with E-state index >= 15 is 0 Å². The molecule has 1 aromatic rings. The minimum absolute atomic E-state index is 0.408. The van der Waals surface area contributed by atoms with Gasteiger partial charge in [-0.05, 0) is 49.4 Å². The van der Waals surface area contributed by atoms with Crippen molar-refractivity contribution in [1.82, 2.24) is 0 Å². The van der Waals surface area contributed by atoms with Crippen LogP contribution in [0.5, 0.6) is 0 Å². The third-order valence-electron chi connectivity index (χ3n) is 3.26. The third-order valence-corrected chi connectivity index (χ3v) is 3.51. The molecule has 88 valence electrons. The maximum Gasteiger partial charge on any atom is 0.0407 e. The molecule has 3 heteroatoms. The smallest absolute Gasteiger partial charge is 0.0407 e. The molecule has 0 heterocycles. The summed E-state index contributed by atoms with van der Waals surface area (Å²) < 4.78 is 0. The summed E-state index contributed by atoms with van der Waals surface area (Å²) in [7, 11) is 0. The first kappa shape index (κ1) is 11.7. The Kier molecular flexibility index (Phi) is 4.08. The Bertz CT molecular complexity index is 323. The molecule has 2 nitrogen and oxygen atoms in total. The van der Waals surface area contributed by atoms with Crippen molar-refractivity contribution < 1.29 is 0 Å². The summed E-state index contributed by atoms with van der Waals surface area (Å²) in [6.45, 7) is 1.02. The topological polar surface area (TPSA) is 38.0 Å². The highest BCUT2D eigenvalue weighted by Crippen LogP contribution is 2.23. The number of anilines is 1. The maximum absolute atomic E-state index is 5.97. The molecule has 0 saturated heterocycles. The predicted octanol–water partition coefficient (Wildman–Crippen LogP) is 3.27. The molecule has 2 atom stereocenters. The lowest BCUT2D eigenvalue weighted by atomic mass is 9.86. The zero-order chi connectivity index (χ0) is 11.4. The van der Waals surface area contributed by atoms with E-state index in [2.05, 4.69) is 5.32 Å². The average molecular weight is 239 g/mol. The molecule has 0 amide bonds. The van der Waals surface area contributed by atoms with Crippen LogP contribution in [0.1, 0.15) is 25.7 Å². The summed E-state index contributed by atoms with van der Waals surface area (Å²) in [6.07, 6.45) is 4.92. The third kappa shape index (κ3) is 3.39. The fourth-order valence-electron chi connectivity index (χ4n) is 2.35. The van der Waals surface area contributed by atoms with Crippen LogP contribution < -0.4 is 11.1 Å². The molecule has 0 radical (unpaired) electrons. The summed E-state index contributed by atoms with van der Waals surface area (Å²) >= 11 is 5.84. The zero-order valence-electron chi connectivity index (χ0n) is 9.45. The van der Waals surface area contributed by atoms with Crippen LogP contribution in [0, 0.1) is 5.92 Å². The van der Waals surface area contributed by atoms with Crippen LogP contribution in [0.25, 0.3) is 0 Å². The normalized spacial score (nSPS) is 25.4. The molecule has 0 aliphatic heterocycles. The molecular weight excluding hydrogens is 220 g/mol. The molecule has 0 aromatic heterocycles. The molecule has 1 fully saturated rings. The van der Waals surface area contributed by atoms with Crippen molar-refractivity contribution in [3.8, 4) is 0 Å². The van der Waals surface area contributed by atoms with Gasteiger partial charge in [0, 0.05) is 23.3 Å². The second-order valence-corrected chi connectivity index (χ2v) is 5.12. The van der Waals surface area contributed by atoms with Gasteiger partial charge < -0.3 is 11.1 Å². The fraction of sp³-hybridized carbons (Fsp3) is 0.538. The van der Waals surface area contributed by atoms with Gasteiger partial charge in [-0.15, -0.1) is 0 Å². The van der Waals surface area contributed by atoms with Crippen LogP contribution >= 0.6 is 11.6 Å². The first-order valence-electron chi connectivity index (χ1n) is 5.99. The summed E-state index contributed by atoms with van der Waals surface area (Å²) in [5, 5.41) is 4.23. The lowest BCUT2D eigenvalue weighted by Gasteiger charge is -2.27. The van der Waals surface area contributed by atoms with E-state index in [9.17, 15) is 0 Å². The first-order valence-corrected chi connectivity index (χ1v) is 6.37. The van der Waals surface area contributed by atoms with Gasteiger partial charge >= 0.3 is 0 Å². The number of nitrogens with two attached hydrogens (primary N) is 1.